The zero-order valence-corrected chi connectivity index (χ0v) is 11.1. The fraction of sp³-hybridized carbons (Fsp3) is 0.538. The summed E-state index contributed by atoms with van der Waals surface area (Å²) in [7, 11) is 0. The zero-order chi connectivity index (χ0) is 12.7. The number of hydrogen-bond acceptors (Lipinski definition) is 3. The standard InChI is InChI=1S/C13H20ClNO2/c1-3-6-15-8-11(16)9-17-13-7-10(2)4-5-12(13)14/h4-5,7,11,15-16H,3,6,8-9H2,1-2H3. The van der Waals surface area contributed by atoms with Crippen LogP contribution in [0.1, 0.15) is 18.9 Å². The molecule has 0 saturated heterocycles. The van der Waals surface area contributed by atoms with Crippen LogP contribution >= 0.6 is 11.6 Å². The molecule has 1 aromatic rings. The summed E-state index contributed by atoms with van der Waals surface area (Å²) in [5.74, 6) is 0.626. The Hall–Kier alpha value is -0.770. The van der Waals surface area contributed by atoms with Gasteiger partial charge in [-0.3, -0.25) is 0 Å². The molecule has 0 aliphatic heterocycles. The molecule has 0 saturated carbocycles. The summed E-state index contributed by atoms with van der Waals surface area (Å²) in [6, 6.07) is 5.59. The molecular weight excluding hydrogens is 238 g/mol. The monoisotopic (exact) mass is 257 g/mol. The van der Waals surface area contributed by atoms with E-state index in [1.165, 1.54) is 0 Å². The predicted molar refractivity (Wildman–Crippen MR) is 70.9 cm³/mol. The maximum atomic E-state index is 9.67. The summed E-state index contributed by atoms with van der Waals surface area (Å²) in [6.07, 6.45) is 0.537. The summed E-state index contributed by atoms with van der Waals surface area (Å²) < 4.78 is 5.49. The second-order valence-electron chi connectivity index (χ2n) is 4.10. The Bertz CT molecular complexity index is 344. The van der Waals surface area contributed by atoms with Crippen LogP contribution in [0.5, 0.6) is 5.75 Å². The van der Waals surface area contributed by atoms with Crippen molar-refractivity contribution in [1.82, 2.24) is 5.32 Å². The first-order valence-corrected chi connectivity index (χ1v) is 6.29. The summed E-state index contributed by atoms with van der Waals surface area (Å²) in [6.45, 7) is 5.75. The molecule has 0 fully saturated rings. The molecule has 0 aromatic heterocycles. The molecule has 1 rings (SSSR count). The van der Waals surface area contributed by atoms with E-state index in [-0.39, 0.29) is 6.61 Å². The summed E-state index contributed by atoms with van der Waals surface area (Å²) in [4.78, 5) is 0. The molecule has 1 unspecified atom stereocenters. The molecule has 4 heteroatoms. The van der Waals surface area contributed by atoms with Crippen LogP contribution in [-0.2, 0) is 0 Å². The van der Waals surface area contributed by atoms with Crippen LogP contribution in [-0.4, -0.2) is 30.9 Å². The van der Waals surface area contributed by atoms with Gasteiger partial charge in [-0.25, -0.2) is 0 Å². The van der Waals surface area contributed by atoms with Gasteiger partial charge in [0, 0.05) is 6.54 Å². The van der Waals surface area contributed by atoms with Crippen molar-refractivity contribution in [2.24, 2.45) is 0 Å². The van der Waals surface area contributed by atoms with Crippen molar-refractivity contribution in [3.63, 3.8) is 0 Å². The molecule has 1 aromatic carbocycles. The normalized spacial score (nSPS) is 12.5. The Morgan fingerprint density at radius 3 is 2.94 bits per heavy atom. The summed E-state index contributed by atoms with van der Waals surface area (Å²) >= 11 is 5.98. The second-order valence-corrected chi connectivity index (χ2v) is 4.51. The minimum atomic E-state index is -0.516. The highest BCUT2D eigenvalue weighted by Crippen LogP contribution is 2.25. The van der Waals surface area contributed by atoms with Gasteiger partial charge in [0.15, 0.2) is 0 Å². The number of hydrogen-bond donors (Lipinski definition) is 2. The lowest BCUT2D eigenvalue weighted by atomic mass is 10.2. The van der Waals surface area contributed by atoms with Crippen LogP contribution in [0.4, 0.5) is 0 Å². The van der Waals surface area contributed by atoms with E-state index in [1.807, 2.05) is 19.1 Å². The Labute approximate surface area is 108 Å². The molecule has 0 heterocycles. The summed E-state index contributed by atoms with van der Waals surface area (Å²) in [5, 5.41) is 13.4. The maximum Gasteiger partial charge on any atom is 0.138 e. The highest BCUT2D eigenvalue weighted by Gasteiger charge is 2.07. The van der Waals surface area contributed by atoms with Gasteiger partial charge in [-0.15, -0.1) is 0 Å². The lowest BCUT2D eigenvalue weighted by Crippen LogP contribution is -2.31. The number of aliphatic hydroxyl groups is 1. The quantitative estimate of drug-likeness (QED) is 0.737. The van der Waals surface area contributed by atoms with Crippen LogP contribution in [0.3, 0.4) is 0 Å². The van der Waals surface area contributed by atoms with E-state index < -0.39 is 6.10 Å². The molecule has 0 bridgehead atoms. The zero-order valence-electron chi connectivity index (χ0n) is 10.4. The van der Waals surface area contributed by atoms with Gasteiger partial charge in [-0.2, -0.15) is 0 Å². The minimum Gasteiger partial charge on any atom is -0.489 e. The predicted octanol–water partition coefficient (Wildman–Crippen LogP) is 2.39. The first-order chi connectivity index (χ1) is 8.13. The van der Waals surface area contributed by atoms with Crippen LogP contribution < -0.4 is 10.1 Å². The number of rotatable bonds is 7. The molecule has 3 nitrogen and oxygen atoms in total. The third-order valence-corrected chi connectivity index (χ3v) is 2.64. The average molecular weight is 258 g/mol. The first kappa shape index (κ1) is 14.3. The van der Waals surface area contributed by atoms with E-state index in [0.29, 0.717) is 17.3 Å². The number of aryl methyl sites for hydroxylation is 1. The molecule has 2 N–H and O–H groups in total. The lowest BCUT2D eigenvalue weighted by molar-refractivity contribution is 0.106. The second kappa shape index (κ2) is 7.54. The molecule has 0 radical (unpaired) electrons. The van der Waals surface area contributed by atoms with Gasteiger partial charge in [0.25, 0.3) is 0 Å². The molecule has 0 aliphatic carbocycles. The molecular formula is C13H20ClNO2. The van der Waals surface area contributed by atoms with Gasteiger partial charge < -0.3 is 15.2 Å². The van der Waals surface area contributed by atoms with Gasteiger partial charge in [-0.05, 0) is 37.6 Å². The van der Waals surface area contributed by atoms with Crippen LogP contribution in [0.15, 0.2) is 18.2 Å². The van der Waals surface area contributed by atoms with E-state index in [2.05, 4.69) is 12.2 Å². The maximum absolute atomic E-state index is 9.67. The number of ether oxygens (including phenoxy) is 1. The molecule has 17 heavy (non-hydrogen) atoms. The van der Waals surface area contributed by atoms with Gasteiger partial charge in [-0.1, -0.05) is 24.6 Å². The fourth-order valence-corrected chi connectivity index (χ4v) is 1.58. The number of aliphatic hydroxyl groups excluding tert-OH is 1. The van der Waals surface area contributed by atoms with Crippen LogP contribution in [0.2, 0.25) is 5.02 Å². The Kier molecular flexibility index (Phi) is 6.34. The third kappa shape index (κ3) is 5.39. The number of nitrogens with one attached hydrogen (secondary N) is 1. The number of halogens is 1. The van der Waals surface area contributed by atoms with Gasteiger partial charge in [0.2, 0.25) is 0 Å². The molecule has 0 aliphatic rings. The smallest absolute Gasteiger partial charge is 0.138 e. The highest BCUT2D eigenvalue weighted by atomic mass is 35.5. The Balaban J connectivity index is 2.36. The average Bonchev–Trinajstić information content (AvgIpc) is 2.31. The van der Waals surface area contributed by atoms with Crippen molar-refractivity contribution in [1.29, 1.82) is 0 Å². The Morgan fingerprint density at radius 1 is 1.47 bits per heavy atom. The molecule has 96 valence electrons. The van der Waals surface area contributed by atoms with Crippen LogP contribution in [0.25, 0.3) is 0 Å². The van der Waals surface area contributed by atoms with Crippen molar-refractivity contribution in [2.45, 2.75) is 26.4 Å². The van der Waals surface area contributed by atoms with E-state index in [0.717, 1.165) is 18.5 Å². The lowest BCUT2D eigenvalue weighted by Gasteiger charge is -2.14. The Morgan fingerprint density at radius 2 is 2.24 bits per heavy atom. The molecule has 0 spiro atoms. The van der Waals surface area contributed by atoms with E-state index >= 15 is 0 Å². The molecule has 1 atom stereocenters. The van der Waals surface area contributed by atoms with Gasteiger partial charge in [0.1, 0.15) is 18.5 Å². The first-order valence-electron chi connectivity index (χ1n) is 5.91. The van der Waals surface area contributed by atoms with E-state index in [4.69, 9.17) is 16.3 Å². The van der Waals surface area contributed by atoms with E-state index in [9.17, 15) is 5.11 Å². The largest absolute Gasteiger partial charge is 0.489 e. The van der Waals surface area contributed by atoms with Gasteiger partial charge in [0.05, 0.1) is 5.02 Å². The highest BCUT2D eigenvalue weighted by molar-refractivity contribution is 6.32. The fourth-order valence-electron chi connectivity index (χ4n) is 1.41. The minimum absolute atomic E-state index is 0.250. The van der Waals surface area contributed by atoms with Crippen molar-refractivity contribution >= 4 is 11.6 Å². The van der Waals surface area contributed by atoms with Crippen molar-refractivity contribution in [3.8, 4) is 5.75 Å². The third-order valence-electron chi connectivity index (χ3n) is 2.32. The SMILES string of the molecule is CCCNCC(O)COc1cc(C)ccc1Cl. The van der Waals surface area contributed by atoms with Crippen molar-refractivity contribution in [3.05, 3.63) is 28.8 Å². The van der Waals surface area contributed by atoms with Crippen LogP contribution in [0, 0.1) is 6.92 Å². The topological polar surface area (TPSA) is 41.5 Å². The van der Waals surface area contributed by atoms with Crippen molar-refractivity contribution < 1.29 is 9.84 Å². The number of benzene rings is 1. The van der Waals surface area contributed by atoms with Gasteiger partial charge >= 0.3 is 0 Å². The summed E-state index contributed by atoms with van der Waals surface area (Å²) in [5.41, 5.74) is 1.09. The molecule has 0 amide bonds. The van der Waals surface area contributed by atoms with E-state index in [1.54, 1.807) is 6.07 Å². The van der Waals surface area contributed by atoms with Crippen molar-refractivity contribution in [2.75, 3.05) is 19.7 Å².